The smallest absolute Gasteiger partial charge is 0.255 e. The normalized spacial score (nSPS) is 13.1. The van der Waals surface area contributed by atoms with Crippen molar-refractivity contribution in [3.05, 3.63) is 77.5 Å². The van der Waals surface area contributed by atoms with Crippen LogP contribution < -0.4 is 10.6 Å². The molecule has 0 aliphatic heterocycles. The molecule has 1 saturated carbocycles. The molecule has 1 fully saturated rings. The Hall–Kier alpha value is -3.41. The molecule has 4 rings (SSSR count). The molecule has 0 saturated heterocycles. The summed E-state index contributed by atoms with van der Waals surface area (Å²) in [5.74, 6) is -0.458. The summed E-state index contributed by atoms with van der Waals surface area (Å²) < 4.78 is 1.77. The number of rotatable bonds is 7. The molecule has 1 aliphatic rings. The van der Waals surface area contributed by atoms with Crippen LogP contribution in [0, 0.1) is 6.92 Å². The van der Waals surface area contributed by atoms with Crippen molar-refractivity contribution >= 4 is 11.8 Å². The second-order valence-electron chi connectivity index (χ2n) is 7.47. The lowest BCUT2D eigenvalue weighted by Gasteiger charge is -2.06. The van der Waals surface area contributed by atoms with E-state index in [9.17, 15) is 9.59 Å². The number of carbonyl (C=O) groups excluding carboxylic acids is 2. The van der Waals surface area contributed by atoms with Gasteiger partial charge in [-0.3, -0.25) is 14.3 Å². The third kappa shape index (κ3) is 4.90. The van der Waals surface area contributed by atoms with Crippen molar-refractivity contribution in [2.24, 2.45) is 0 Å². The molecule has 1 aliphatic carbocycles. The Labute approximate surface area is 169 Å². The maximum Gasteiger partial charge on any atom is 0.255 e. The Morgan fingerprint density at radius 1 is 1.07 bits per heavy atom. The lowest BCUT2D eigenvalue weighted by atomic mass is 10.1. The molecular weight excluding hydrogens is 364 g/mol. The van der Waals surface area contributed by atoms with Gasteiger partial charge in [0.1, 0.15) is 5.69 Å². The zero-order chi connectivity index (χ0) is 20.2. The van der Waals surface area contributed by atoms with Gasteiger partial charge in [-0.1, -0.05) is 60.2 Å². The monoisotopic (exact) mass is 388 g/mol. The largest absolute Gasteiger partial charge is 0.352 e. The predicted molar refractivity (Wildman–Crippen MR) is 111 cm³/mol. The number of amides is 2. The molecule has 6 heteroatoms. The number of carbonyl (C=O) groups is 2. The molecule has 2 amide bonds. The first-order valence-corrected chi connectivity index (χ1v) is 9.84. The van der Waals surface area contributed by atoms with E-state index in [2.05, 4.69) is 15.7 Å². The average molecular weight is 388 g/mol. The van der Waals surface area contributed by atoms with Crippen molar-refractivity contribution in [2.75, 3.05) is 6.54 Å². The van der Waals surface area contributed by atoms with E-state index in [4.69, 9.17) is 0 Å². The van der Waals surface area contributed by atoms with Crippen LogP contribution in [0.25, 0.3) is 11.3 Å². The SMILES string of the molecule is Cc1ccc(-c2nn(Cc3ccccc3)cc2C(=O)NCC(=O)NC2CC2)cc1. The second-order valence-corrected chi connectivity index (χ2v) is 7.47. The Bertz CT molecular complexity index is 1010. The zero-order valence-corrected chi connectivity index (χ0v) is 16.4. The van der Waals surface area contributed by atoms with Crippen LogP contribution in [0.15, 0.2) is 60.8 Å². The fraction of sp³-hybridized carbons (Fsp3) is 0.261. The van der Waals surface area contributed by atoms with Crippen LogP contribution in [0.2, 0.25) is 0 Å². The van der Waals surface area contributed by atoms with Crippen LogP contribution in [0.5, 0.6) is 0 Å². The fourth-order valence-electron chi connectivity index (χ4n) is 3.13. The van der Waals surface area contributed by atoms with Crippen molar-refractivity contribution < 1.29 is 9.59 Å². The number of hydrogen-bond donors (Lipinski definition) is 2. The molecule has 148 valence electrons. The third-order valence-corrected chi connectivity index (χ3v) is 4.87. The minimum atomic E-state index is -0.300. The maximum absolute atomic E-state index is 12.8. The highest BCUT2D eigenvalue weighted by atomic mass is 16.2. The Morgan fingerprint density at radius 2 is 1.79 bits per heavy atom. The number of benzene rings is 2. The first-order chi connectivity index (χ1) is 14.1. The predicted octanol–water partition coefficient (Wildman–Crippen LogP) is 2.92. The summed E-state index contributed by atoms with van der Waals surface area (Å²) in [5.41, 5.74) is 4.18. The van der Waals surface area contributed by atoms with Gasteiger partial charge in [-0.05, 0) is 25.3 Å². The van der Waals surface area contributed by atoms with Crippen molar-refractivity contribution in [3.63, 3.8) is 0 Å². The summed E-state index contributed by atoms with van der Waals surface area (Å²) in [6.07, 6.45) is 3.78. The summed E-state index contributed by atoms with van der Waals surface area (Å²) in [6.45, 7) is 2.55. The summed E-state index contributed by atoms with van der Waals surface area (Å²) >= 11 is 0. The van der Waals surface area contributed by atoms with E-state index < -0.39 is 0 Å². The molecule has 3 aromatic rings. The van der Waals surface area contributed by atoms with Gasteiger partial charge in [0.05, 0.1) is 18.7 Å². The van der Waals surface area contributed by atoms with Crippen LogP contribution in [0.4, 0.5) is 0 Å². The molecule has 2 aromatic carbocycles. The molecule has 1 heterocycles. The van der Waals surface area contributed by atoms with Crippen molar-refractivity contribution in [1.29, 1.82) is 0 Å². The summed E-state index contributed by atoms with van der Waals surface area (Å²) in [7, 11) is 0. The van der Waals surface area contributed by atoms with Crippen molar-refractivity contribution in [2.45, 2.75) is 32.4 Å². The van der Waals surface area contributed by atoms with Crippen LogP contribution in [-0.4, -0.2) is 34.2 Å². The van der Waals surface area contributed by atoms with Gasteiger partial charge >= 0.3 is 0 Å². The molecule has 6 nitrogen and oxygen atoms in total. The first kappa shape index (κ1) is 18.9. The summed E-state index contributed by atoms with van der Waals surface area (Å²) in [5, 5.41) is 10.3. The van der Waals surface area contributed by atoms with Crippen molar-refractivity contribution in [1.82, 2.24) is 20.4 Å². The van der Waals surface area contributed by atoms with Gasteiger partial charge in [0.25, 0.3) is 5.91 Å². The number of aromatic nitrogens is 2. The molecule has 0 spiro atoms. The summed E-state index contributed by atoms with van der Waals surface area (Å²) in [6, 6.07) is 18.2. The van der Waals surface area contributed by atoms with E-state index in [1.165, 1.54) is 0 Å². The minimum absolute atomic E-state index is 0.0352. The van der Waals surface area contributed by atoms with Gasteiger partial charge in [-0.25, -0.2) is 0 Å². The van der Waals surface area contributed by atoms with Crippen LogP contribution in [0.3, 0.4) is 0 Å². The molecule has 0 atom stereocenters. The van der Waals surface area contributed by atoms with Crippen LogP contribution in [0.1, 0.15) is 34.3 Å². The van der Waals surface area contributed by atoms with Gasteiger partial charge in [-0.15, -0.1) is 0 Å². The van der Waals surface area contributed by atoms with Gasteiger partial charge in [-0.2, -0.15) is 5.10 Å². The molecule has 2 N–H and O–H groups in total. The third-order valence-electron chi connectivity index (χ3n) is 4.87. The minimum Gasteiger partial charge on any atom is -0.352 e. The molecule has 0 bridgehead atoms. The number of hydrogen-bond acceptors (Lipinski definition) is 3. The van der Waals surface area contributed by atoms with E-state index in [0.29, 0.717) is 17.8 Å². The van der Waals surface area contributed by atoms with Gasteiger partial charge in [0, 0.05) is 17.8 Å². The number of nitrogens with zero attached hydrogens (tertiary/aromatic N) is 2. The van der Waals surface area contributed by atoms with Gasteiger partial charge in [0.2, 0.25) is 5.91 Å². The maximum atomic E-state index is 12.8. The topological polar surface area (TPSA) is 76.0 Å². The van der Waals surface area contributed by atoms with Crippen LogP contribution >= 0.6 is 0 Å². The number of aryl methyl sites for hydroxylation is 1. The lowest BCUT2D eigenvalue weighted by molar-refractivity contribution is -0.120. The highest BCUT2D eigenvalue weighted by molar-refractivity contribution is 6.01. The summed E-state index contributed by atoms with van der Waals surface area (Å²) in [4.78, 5) is 24.8. The Balaban J connectivity index is 1.56. The molecule has 1 aromatic heterocycles. The average Bonchev–Trinajstić information content (AvgIpc) is 3.44. The van der Waals surface area contributed by atoms with Gasteiger partial charge < -0.3 is 10.6 Å². The van der Waals surface area contributed by atoms with E-state index in [1.807, 2.05) is 61.5 Å². The molecular formula is C23H24N4O2. The zero-order valence-electron chi connectivity index (χ0n) is 16.4. The molecule has 0 unspecified atom stereocenters. The van der Waals surface area contributed by atoms with E-state index >= 15 is 0 Å². The first-order valence-electron chi connectivity index (χ1n) is 9.84. The second kappa shape index (κ2) is 8.31. The number of nitrogens with one attached hydrogen (secondary N) is 2. The Kier molecular flexibility index (Phi) is 5.42. The molecule has 0 radical (unpaired) electrons. The van der Waals surface area contributed by atoms with Gasteiger partial charge in [0.15, 0.2) is 0 Å². The fourth-order valence-corrected chi connectivity index (χ4v) is 3.13. The Morgan fingerprint density at radius 3 is 2.48 bits per heavy atom. The van der Waals surface area contributed by atoms with E-state index in [0.717, 1.165) is 29.5 Å². The highest BCUT2D eigenvalue weighted by Crippen LogP contribution is 2.23. The van der Waals surface area contributed by atoms with Crippen molar-refractivity contribution in [3.8, 4) is 11.3 Å². The molecule has 29 heavy (non-hydrogen) atoms. The van der Waals surface area contributed by atoms with E-state index in [1.54, 1.807) is 10.9 Å². The lowest BCUT2D eigenvalue weighted by Crippen LogP contribution is -2.37. The van der Waals surface area contributed by atoms with Crippen LogP contribution in [-0.2, 0) is 11.3 Å². The van der Waals surface area contributed by atoms with E-state index in [-0.39, 0.29) is 24.4 Å². The quantitative estimate of drug-likeness (QED) is 0.653. The standard InChI is InChI=1S/C23H24N4O2/c1-16-7-9-18(10-8-16)22-20(23(29)24-13-21(28)25-19-11-12-19)15-27(26-22)14-17-5-3-2-4-6-17/h2-10,15,19H,11-14H2,1H3,(H,24,29)(H,25,28). The highest BCUT2D eigenvalue weighted by Gasteiger charge is 2.24.